The van der Waals surface area contributed by atoms with E-state index in [-0.39, 0.29) is 5.69 Å². The maximum Gasteiger partial charge on any atom is 0.182 e. The topological polar surface area (TPSA) is 12.0 Å². The van der Waals surface area contributed by atoms with Crippen molar-refractivity contribution in [2.45, 2.75) is 6.42 Å². The zero-order valence-corrected chi connectivity index (χ0v) is 9.66. The van der Waals surface area contributed by atoms with Gasteiger partial charge in [0, 0.05) is 23.6 Å². The maximum absolute atomic E-state index is 13.2. The SMILES string of the molecule is Fc1cc(F)c(F)c(NCCc2cccs2)c1. The largest absolute Gasteiger partial charge is 0.382 e. The molecule has 0 saturated heterocycles. The average Bonchev–Trinajstić information content (AvgIpc) is 2.78. The van der Waals surface area contributed by atoms with Gasteiger partial charge in [0.05, 0.1) is 5.69 Å². The molecule has 0 fully saturated rings. The molecular weight excluding hydrogens is 247 g/mol. The van der Waals surface area contributed by atoms with Crippen molar-refractivity contribution >= 4 is 17.0 Å². The van der Waals surface area contributed by atoms with Gasteiger partial charge in [0.25, 0.3) is 0 Å². The lowest BCUT2D eigenvalue weighted by Gasteiger charge is -2.07. The number of thiophene rings is 1. The summed E-state index contributed by atoms with van der Waals surface area (Å²) >= 11 is 1.59. The normalized spacial score (nSPS) is 10.5. The molecule has 17 heavy (non-hydrogen) atoms. The van der Waals surface area contributed by atoms with E-state index in [4.69, 9.17) is 0 Å². The van der Waals surface area contributed by atoms with Crippen LogP contribution in [0.1, 0.15) is 4.88 Å². The van der Waals surface area contributed by atoms with Crippen molar-refractivity contribution in [1.29, 1.82) is 0 Å². The zero-order chi connectivity index (χ0) is 12.3. The molecule has 1 aromatic heterocycles. The fraction of sp³-hybridized carbons (Fsp3) is 0.167. The molecule has 90 valence electrons. The second kappa shape index (κ2) is 5.23. The van der Waals surface area contributed by atoms with Crippen molar-refractivity contribution in [3.05, 3.63) is 52.0 Å². The van der Waals surface area contributed by atoms with Crippen LogP contribution in [0.2, 0.25) is 0 Å². The van der Waals surface area contributed by atoms with E-state index in [1.165, 1.54) is 0 Å². The van der Waals surface area contributed by atoms with Crippen LogP contribution in [0, 0.1) is 17.5 Å². The van der Waals surface area contributed by atoms with E-state index in [0.717, 1.165) is 10.9 Å². The Hall–Kier alpha value is -1.49. The third-order valence-corrected chi connectivity index (χ3v) is 3.20. The second-order valence-corrected chi connectivity index (χ2v) is 4.54. The Balaban J connectivity index is 1.99. The van der Waals surface area contributed by atoms with E-state index in [1.54, 1.807) is 11.3 Å². The van der Waals surface area contributed by atoms with Crippen LogP contribution in [0.15, 0.2) is 29.6 Å². The number of rotatable bonds is 4. The first-order chi connectivity index (χ1) is 8.16. The maximum atomic E-state index is 13.2. The van der Waals surface area contributed by atoms with Crippen LogP contribution in [0.3, 0.4) is 0 Å². The van der Waals surface area contributed by atoms with Gasteiger partial charge in [0.15, 0.2) is 11.6 Å². The first-order valence-electron chi connectivity index (χ1n) is 5.07. The molecule has 0 atom stereocenters. The summed E-state index contributed by atoms with van der Waals surface area (Å²) in [6.45, 7) is 0.431. The minimum absolute atomic E-state index is 0.140. The summed E-state index contributed by atoms with van der Waals surface area (Å²) in [4.78, 5) is 1.13. The van der Waals surface area contributed by atoms with Crippen molar-refractivity contribution < 1.29 is 13.2 Å². The van der Waals surface area contributed by atoms with E-state index >= 15 is 0 Å². The van der Waals surface area contributed by atoms with Crippen molar-refractivity contribution in [1.82, 2.24) is 0 Å². The number of anilines is 1. The van der Waals surface area contributed by atoms with Gasteiger partial charge in [-0.25, -0.2) is 13.2 Å². The van der Waals surface area contributed by atoms with Gasteiger partial charge in [-0.05, 0) is 17.9 Å². The summed E-state index contributed by atoms with van der Waals surface area (Å²) in [6, 6.07) is 5.35. The Bertz CT molecular complexity index is 497. The van der Waals surface area contributed by atoms with Crippen molar-refractivity contribution in [2.24, 2.45) is 0 Å². The lowest BCUT2D eigenvalue weighted by atomic mass is 10.2. The quantitative estimate of drug-likeness (QED) is 0.821. The van der Waals surface area contributed by atoms with E-state index < -0.39 is 17.5 Å². The van der Waals surface area contributed by atoms with Crippen LogP contribution in [0.25, 0.3) is 0 Å². The van der Waals surface area contributed by atoms with Crippen LogP contribution in [0.4, 0.5) is 18.9 Å². The van der Waals surface area contributed by atoms with Crippen LogP contribution in [-0.4, -0.2) is 6.54 Å². The Labute approximate surface area is 101 Å². The molecule has 0 aliphatic carbocycles. The van der Waals surface area contributed by atoms with Crippen molar-refractivity contribution in [2.75, 3.05) is 11.9 Å². The summed E-state index contributed by atoms with van der Waals surface area (Å²) in [5, 5.41) is 4.63. The summed E-state index contributed by atoms with van der Waals surface area (Å²) in [5.41, 5.74) is -0.140. The minimum Gasteiger partial charge on any atom is -0.382 e. The second-order valence-electron chi connectivity index (χ2n) is 3.51. The van der Waals surface area contributed by atoms with Gasteiger partial charge in [-0.1, -0.05) is 6.07 Å². The highest BCUT2D eigenvalue weighted by Crippen LogP contribution is 2.19. The van der Waals surface area contributed by atoms with Gasteiger partial charge >= 0.3 is 0 Å². The van der Waals surface area contributed by atoms with Gasteiger partial charge in [-0.2, -0.15) is 0 Å². The molecule has 1 N–H and O–H groups in total. The highest BCUT2D eigenvalue weighted by molar-refractivity contribution is 7.09. The van der Waals surface area contributed by atoms with Crippen LogP contribution < -0.4 is 5.32 Å². The summed E-state index contributed by atoms with van der Waals surface area (Å²) in [6.07, 6.45) is 0.690. The zero-order valence-electron chi connectivity index (χ0n) is 8.84. The molecule has 0 spiro atoms. The predicted molar refractivity (Wildman–Crippen MR) is 62.8 cm³/mol. The fourth-order valence-corrected chi connectivity index (χ4v) is 2.17. The van der Waals surface area contributed by atoms with Gasteiger partial charge in [0.1, 0.15) is 5.82 Å². The number of nitrogens with one attached hydrogen (secondary N) is 1. The molecule has 1 heterocycles. The monoisotopic (exact) mass is 257 g/mol. The van der Waals surface area contributed by atoms with Crippen LogP contribution in [-0.2, 0) is 6.42 Å². The van der Waals surface area contributed by atoms with Gasteiger partial charge in [0.2, 0.25) is 0 Å². The van der Waals surface area contributed by atoms with Crippen molar-refractivity contribution in [3.8, 4) is 0 Å². The number of hydrogen-bond acceptors (Lipinski definition) is 2. The predicted octanol–water partition coefficient (Wildman–Crippen LogP) is 3.82. The number of benzene rings is 1. The molecule has 0 unspecified atom stereocenters. The minimum atomic E-state index is -1.18. The molecule has 1 aromatic carbocycles. The molecule has 0 radical (unpaired) electrons. The summed E-state index contributed by atoms with van der Waals surface area (Å²) < 4.78 is 39.0. The number of halogens is 3. The lowest BCUT2D eigenvalue weighted by molar-refractivity contribution is 0.497. The average molecular weight is 257 g/mol. The molecule has 2 rings (SSSR count). The highest BCUT2D eigenvalue weighted by Gasteiger charge is 2.10. The standard InChI is InChI=1S/C12H10F3NS/c13-8-6-10(14)12(15)11(7-8)16-4-3-9-2-1-5-17-9/h1-2,5-7,16H,3-4H2. The molecule has 0 aliphatic rings. The highest BCUT2D eigenvalue weighted by atomic mass is 32.1. The molecule has 0 saturated carbocycles. The Morgan fingerprint density at radius 2 is 2.00 bits per heavy atom. The molecule has 0 bridgehead atoms. The Morgan fingerprint density at radius 3 is 2.71 bits per heavy atom. The molecule has 2 aromatic rings. The van der Waals surface area contributed by atoms with E-state index in [1.807, 2.05) is 17.5 Å². The molecule has 0 amide bonds. The van der Waals surface area contributed by atoms with Crippen molar-refractivity contribution in [3.63, 3.8) is 0 Å². The molecular formula is C12H10F3NS. The Kier molecular flexibility index (Phi) is 3.68. The third-order valence-electron chi connectivity index (χ3n) is 2.26. The van der Waals surface area contributed by atoms with E-state index in [0.29, 0.717) is 19.0 Å². The van der Waals surface area contributed by atoms with Gasteiger partial charge in [-0.15, -0.1) is 11.3 Å². The van der Waals surface area contributed by atoms with Gasteiger partial charge in [-0.3, -0.25) is 0 Å². The lowest BCUT2D eigenvalue weighted by Crippen LogP contribution is -2.07. The first-order valence-corrected chi connectivity index (χ1v) is 5.95. The molecule has 5 heteroatoms. The Morgan fingerprint density at radius 1 is 1.18 bits per heavy atom. The summed E-state index contributed by atoms with van der Waals surface area (Å²) in [7, 11) is 0. The fourth-order valence-electron chi connectivity index (χ4n) is 1.46. The first kappa shape index (κ1) is 12.0. The third kappa shape index (κ3) is 3.00. The van der Waals surface area contributed by atoms with Crippen LogP contribution in [0.5, 0.6) is 0 Å². The smallest absolute Gasteiger partial charge is 0.182 e. The molecule has 1 nitrogen and oxygen atoms in total. The van der Waals surface area contributed by atoms with Crippen LogP contribution >= 0.6 is 11.3 Å². The van der Waals surface area contributed by atoms with E-state index in [2.05, 4.69) is 5.32 Å². The summed E-state index contributed by atoms with van der Waals surface area (Å²) in [5.74, 6) is -3.01. The van der Waals surface area contributed by atoms with E-state index in [9.17, 15) is 13.2 Å². The van der Waals surface area contributed by atoms with Gasteiger partial charge < -0.3 is 5.32 Å². The molecule has 0 aliphatic heterocycles. The number of hydrogen-bond donors (Lipinski definition) is 1.